The van der Waals surface area contributed by atoms with Gasteiger partial charge in [-0.3, -0.25) is 10.3 Å². The van der Waals surface area contributed by atoms with Crippen LogP contribution in [-0.4, -0.2) is 36.1 Å². The molecule has 6 heteroatoms. The van der Waals surface area contributed by atoms with Crippen LogP contribution in [0.2, 0.25) is 0 Å². The van der Waals surface area contributed by atoms with Gasteiger partial charge >= 0.3 is 6.09 Å². The molecule has 0 aliphatic carbocycles. The highest BCUT2D eigenvalue weighted by Crippen LogP contribution is 2.10. The molecule has 1 aromatic carbocycles. The molecule has 0 aliphatic heterocycles. The second-order valence-electron chi connectivity index (χ2n) is 6.31. The highest BCUT2D eigenvalue weighted by atomic mass is 16.7. The number of carbonyl (C=O) groups excluding carboxylic acids is 1. The lowest BCUT2D eigenvalue weighted by Crippen LogP contribution is -2.33. The maximum absolute atomic E-state index is 11.5. The fourth-order valence-electron chi connectivity index (χ4n) is 1.85. The highest BCUT2D eigenvalue weighted by molar-refractivity contribution is 5.67. The highest BCUT2D eigenvalue weighted by Gasteiger charge is 2.15. The van der Waals surface area contributed by atoms with Crippen molar-refractivity contribution < 1.29 is 19.5 Å². The maximum atomic E-state index is 11.5. The normalized spacial score (nSPS) is 12.5. The smallest absolute Gasteiger partial charge is 0.407 e. The number of para-hydroxylation sites is 1. The number of carbonyl (C=O) groups is 1. The van der Waals surface area contributed by atoms with Crippen molar-refractivity contribution in [2.75, 3.05) is 18.6 Å². The predicted octanol–water partition coefficient (Wildman–Crippen LogP) is 3.09. The molecule has 0 saturated carbocycles. The topological polar surface area (TPSA) is 79.8 Å². The molecule has 3 N–H and O–H groups in total. The number of nitrogens with one attached hydrogen (secondary N) is 2. The summed E-state index contributed by atoms with van der Waals surface area (Å²) in [6.07, 6.45) is 1.64. The third kappa shape index (κ3) is 9.76. The number of anilines is 1. The van der Waals surface area contributed by atoms with Gasteiger partial charge in [0.05, 0.1) is 12.3 Å². The molecule has 23 heavy (non-hydrogen) atoms. The van der Waals surface area contributed by atoms with Crippen LogP contribution in [0.5, 0.6) is 0 Å². The molecule has 0 fully saturated rings. The minimum absolute atomic E-state index is 0.0562. The van der Waals surface area contributed by atoms with E-state index in [9.17, 15) is 9.90 Å². The summed E-state index contributed by atoms with van der Waals surface area (Å²) < 4.78 is 5.15. The predicted molar refractivity (Wildman–Crippen MR) is 90.1 cm³/mol. The van der Waals surface area contributed by atoms with E-state index in [4.69, 9.17) is 9.57 Å². The molecule has 0 spiro atoms. The maximum Gasteiger partial charge on any atom is 0.407 e. The van der Waals surface area contributed by atoms with Gasteiger partial charge in [0.15, 0.2) is 0 Å². The number of alkyl carbamates (subject to hydrolysis) is 1. The van der Waals surface area contributed by atoms with Crippen molar-refractivity contribution in [2.45, 2.75) is 51.7 Å². The SMILES string of the molecule is CC(C)(C)OC(=O)NCCCC[C@H](CO)ONc1ccccc1. The first-order valence-electron chi connectivity index (χ1n) is 7.95. The molecule has 1 atom stereocenters. The summed E-state index contributed by atoms with van der Waals surface area (Å²) in [6, 6.07) is 9.51. The molecule has 0 aromatic heterocycles. The van der Waals surface area contributed by atoms with E-state index in [-0.39, 0.29) is 12.7 Å². The lowest BCUT2D eigenvalue weighted by Gasteiger charge is -2.20. The average Bonchev–Trinajstić information content (AvgIpc) is 2.49. The number of ether oxygens (including phenoxy) is 1. The van der Waals surface area contributed by atoms with Crippen LogP contribution in [0.3, 0.4) is 0 Å². The zero-order chi connectivity index (χ0) is 17.1. The van der Waals surface area contributed by atoms with Gasteiger partial charge in [0, 0.05) is 6.54 Å². The Morgan fingerprint density at radius 2 is 1.91 bits per heavy atom. The van der Waals surface area contributed by atoms with Crippen molar-refractivity contribution >= 4 is 11.8 Å². The Morgan fingerprint density at radius 3 is 2.52 bits per heavy atom. The van der Waals surface area contributed by atoms with Crippen molar-refractivity contribution in [3.63, 3.8) is 0 Å². The summed E-state index contributed by atoms with van der Waals surface area (Å²) in [5.41, 5.74) is 3.19. The number of aliphatic hydroxyl groups excluding tert-OH is 1. The summed E-state index contributed by atoms with van der Waals surface area (Å²) in [7, 11) is 0. The van der Waals surface area contributed by atoms with Crippen molar-refractivity contribution in [1.29, 1.82) is 0 Å². The van der Waals surface area contributed by atoms with Crippen molar-refractivity contribution in [3.8, 4) is 0 Å². The minimum Gasteiger partial charge on any atom is -0.444 e. The van der Waals surface area contributed by atoms with E-state index in [1.54, 1.807) is 0 Å². The standard InChI is InChI=1S/C17H28N2O4/c1-17(2,3)22-16(21)18-12-8-7-11-15(13-20)23-19-14-9-5-4-6-10-14/h4-6,9-10,15,19-20H,7-8,11-13H2,1-3H3,(H,18,21)/t15-/m1/s1. The summed E-state index contributed by atoms with van der Waals surface area (Å²) in [5.74, 6) is 0. The zero-order valence-electron chi connectivity index (χ0n) is 14.2. The van der Waals surface area contributed by atoms with Gasteiger partial charge in [0.25, 0.3) is 0 Å². The first-order valence-corrected chi connectivity index (χ1v) is 7.95. The average molecular weight is 324 g/mol. The van der Waals surface area contributed by atoms with Crippen LogP contribution in [-0.2, 0) is 9.57 Å². The summed E-state index contributed by atoms with van der Waals surface area (Å²) in [5, 5.41) is 12.0. The van der Waals surface area contributed by atoms with E-state index in [2.05, 4.69) is 10.8 Å². The van der Waals surface area contributed by atoms with Gasteiger partial charge in [0.1, 0.15) is 11.7 Å². The van der Waals surface area contributed by atoms with Crippen LogP contribution in [0.1, 0.15) is 40.0 Å². The van der Waals surface area contributed by atoms with Gasteiger partial charge in [-0.15, -0.1) is 0 Å². The Balaban J connectivity index is 2.12. The third-order valence-corrected chi connectivity index (χ3v) is 2.94. The first-order chi connectivity index (χ1) is 10.9. The van der Waals surface area contributed by atoms with E-state index in [0.29, 0.717) is 13.0 Å². The Morgan fingerprint density at radius 1 is 1.22 bits per heavy atom. The van der Waals surface area contributed by atoms with Crippen molar-refractivity contribution in [1.82, 2.24) is 5.32 Å². The number of rotatable bonds is 9. The van der Waals surface area contributed by atoms with E-state index in [1.165, 1.54) is 0 Å². The third-order valence-electron chi connectivity index (χ3n) is 2.94. The van der Waals surface area contributed by atoms with Crippen LogP contribution >= 0.6 is 0 Å². The number of benzene rings is 1. The van der Waals surface area contributed by atoms with Crippen LogP contribution < -0.4 is 10.8 Å². The molecule has 0 heterocycles. The van der Waals surface area contributed by atoms with E-state index >= 15 is 0 Å². The summed E-state index contributed by atoms with van der Waals surface area (Å²) in [4.78, 5) is 16.9. The molecular formula is C17H28N2O4. The van der Waals surface area contributed by atoms with Crippen LogP contribution in [0.4, 0.5) is 10.5 Å². The number of hydrogen-bond acceptors (Lipinski definition) is 5. The lowest BCUT2D eigenvalue weighted by atomic mass is 10.1. The number of aliphatic hydroxyl groups is 1. The molecule has 0 bridgehead atoms. The number of unbranched alkanes of at least 4 members (excludes halogenated alkanes) is 1. The van der Waals surface area contributed by atoms with Crippen LogP contribution in [0, 0.1) is 0 Å². The molecule has 1 amide bonds. The van der Waals surface area contributed by atoms with Crippen LogP contribution in [0.15, 0.2) is 30.3 Å². The molecule has 0 unspecified atom stereocenters. The molecule has 1 aromatic rings. The fourth-order valence-corrected chi connectivity index (χ4v) is 1.85. The quantitative estimate of drug-likeness (QED) is 0.480. The Hall–Kier alpha value is -1.79. The molecule has 6 nitrogen and oxygen atoms in total. The van der Waals surface area contributed by atoms with Crippen LogP contribution in [0.25, 0.3) is 0 Å². The van der Waals surface area contributed by atoms with E-state index in [1.807, 2.05) is 51.1 Å². The lowest BCUT2D eigenvalue weighted by molar-refractivity contribution is 0.0394. The first kappa shape index (κ1) is 19.3. The molecule has 0 radical (unpaired) electrons. The molecule has 130 valence electrons. The second-order valence-corrected chi connectivity index (χ2v) is 6.31. The van der Waals surface area contributed by atoms with E-state index < -0.39 is 11.7 Å². The Bertz CT molecular complexity index is 446. The summed E-state index contributed by atoms with van der Waals surface area (Å²) in [6.45, 7) is 5.97. The van der Waals surface area contributed by atoms with Gasteiger partial charge in [-0.2, -0.15) is 0 Å². The van der Waals surface area contributed by atoms with Gasteiger partial charge in [-0.25, -0.2) is 4.79 Å². The Labute approximate surface area is 138 Å². The second kappa shape index (κ2) is 10.1. The Kier molecular flexibility index (Phi) is 8.43. The van der Waals surface area contributed by atoms with E-state index in [0.717, 1.165) is 18.5 Å². The monoisotopic (exact) mass is 324 g/mol. The fraction of sp³-hybridized carbons (Fsp3) is 0.588. The van der Waals surface area contributed by atoms with Crippen molar-refractivity contribution in [2.24, 2.45) is 0 Å². The van der Waals surface area contributed by atoms with Gasteiger partial charge in [0.2, 0.25) is 0 Å². The minimum atomic E-state index is -0.483. The number of hydrogen-bond donors (Lipinski definition) is 3. The zero-order valence-corrected chi connectivity index (χ0v) is 14.2. The molecular weight excluding hydrogens is 296 g/mol. The molecule has 1 rings (SSSR count). The van der Waals surface area contributed by atoms with Gasteiger partial charge < -0.3 is 15.2 Å². The largest absolute Gasteiger partial charge is 0.444 e. The molecule has 0 aliphatic rings. The summed E-state index contributed by atoms with van der Waals surface area (Å²) >= 11 is 0. The van der Waals surface area contributed by atoms with Gasteiger partial charge in [-0.05, 0) is 52.2 Å². The molecule has 0 saturated heterocycles. The number of amides is 1. The van der Waals surface area contributed by atoms with Gasteiger partial charge in [-0.1, -0.05) is 18.2 Å². The van der Waals surface area contributed by atoms with Crippen molar-refractivity contribution in [3.05, 3.63) is 30.3 Å².